The van der Waals surface area contributed by atoms with Gasteiger partial charge in [0.25, 0.3) is 0 Å². The van der Waals surface area contributed by atoms with Crippen LogP contribution in [-0.2, 0) is 11.3 Å². The normalized spacial score (nSPS) is 10.5. The summed E-state index contributed by atoms with van der Waals surface area (Å²) in [7, 11) is 0. The Hall–Kier alpha value is -1.88. The van der Waals surface area contributed by atoms with E-state index < -0.39 is 12.5 Å². The zero-order chi connectivity index (χ0) is 10.7. The van der Waals surface area contributed by atoms with Crippen molar-refractivity contribution in [3.63, 3.8) is 0 Å². The van der Waals surface area contributed by atoms with Crippen LogP contribution in [-0.4, -0.2) is 22.6 Å². The molecule has 5 heteroatoms. The highest BCUT2D eigenvalue weighted by atomic mass is 16.3. The summed E-state index contributed by atoms with van der Waals surface area (Å²) < 4.78 is 5.12. The van der Waals surface area contributed by atoms with E-state index in [1.807, 2.05) is 12.1 Å². The molecule has 0 fully saturated rings. The molecule has 1 heterocycles. The van der Waals surface area contributed by atoms with Gasteiger partial charge in [0.2, 0.25) is 5.91 Å². The van der Waals surface area contributed by atoms with Crippen molar-refractivity contribution in [3.05, 3.63) is 30.2 Å². The molecule has 5 nitrogen and oxygen atoms in total. The van der Waals surface area contributed by atoms with E-state index in [0.717, 1.165) is 11.1 Å². The zero-order valence-electron chi connectivity index (χ0n) is 7.93. The molecule has 0 atom stereocenters. The minimum absolute atomic E-state index is 0.371. The highest BCUT2D eigenvalue weighted by molar-refractivity contribution is 5.77. The number of nitrogens with zero attached hydrogens (tertiary/aromatic N) is 1. The number of fused-ring (bicyclic) bond motifs is 1. The number of rotatable bonds is 3. The SMILES string of the molecule is O=C(CO)NCc1ccc2ncoc2c1. The number of nitrogens with one attached hydrogen (secondary N) is 1. The predicted octanol–water partition coefficient (Wildman–Crippen LogP) is 0.436. The van der Waals surface area contributed by atoms with Crippen molar-refractivity contribution in [2.45, 2.75) is 6.54 Å². The molecule has 0 bridgehead atoms. The first-order chi connectivity index (χ1) is 7.29. The fourth-order valence-corrected chi connectivity index (χ4v) is 1.27. The van der Waals surface area contributed by atoms with Crippen molar-refractivity contribution in [1.82, 2.24) is 10.3 Å². The second kappa shape index (κ2) is 4.10. The van der Waals surface area contributed by atoms with Gasteiger partial charge < -0.3 is 14.8 Å². The van der Waals surface area contributed by atoms with Gasteiger partial charge in [0, 0.05) is 6.54 Å². The summed E-state index contributed by atoms with van der Waals surface area (Å²) in [5.74, 6) is -0.396. The number of amides is 1. The number of aliphatic hydroxyl groups excluding tert-OH is 1. The standard InChI is InChI=1S/C10H10N2O3/c13-5-10(14)11-4-7-1-2-8-9(3-7)15-6-12-8/h1-3,6,13H,4-5H2,(H,11,14). The van der Waals surface area contributed by atoms with E-state index in [-0.39, 0.29) is 0 Å². The Morgan fingerprint density at radius 3 is 3.20 bits per heavy atom. The summed E-state index contributed by atoms with van der Waals surface area (Å²) >= 11 is 0. The Morgan fingerprint density at radius 1 is 1.53 bits per heavy atom. The summed E-state index contributed by atoms with van der Waals surface area (Å²) in [4.78, 5) is 14.8. The molecule has 0 saturated carbocycles. The topological polar surface area (TPSA) is 75.4 Å². The molecular formula is C10H10N2O3. The van der Waals surface area contributed by atoms with Crippen molar-refractivity contribution < 1.29 is 14.3 Å². The molecule has 15 heavy (non-hydrogen) atoms. The molecule has 0 aliphatic rings. The molecule has 1 aromatic carbocycles. The van der Waals surface area contributed by atoms with Crippen LogP contribution in [0.1, 0.15) is 5.56 Å². The van der Waals surface area contributed by atoms with E-state index in [0.29, 0.717) is 12.1 Å². The Bertz CT molecular complexity index is 478. The lowest BCUT2D eigenvalue weighted by atomic mass is 10.2. The second-order valence-corrected chi connectivity index (χ2v) is 3.09. The second-order valence-electron chi connectivity index (χ2n) is 3.09. The first kappa shape index (κ1) is 9.67. The van der Waals surface area contributed by atoms with Crippen LogP contribution in [0.4, 0.5) is 0 Å². The summed E-state index contributed by atoms with van der Waals surface area (Å²) in [5.41, 5.74) is 2.37. The summed E-state index contributed by atoms with van der Waals surface area (Å²) in [6.07, 6.45) is 1.38. The monoisotopic (exact) mass is 206 g/mol. The Labute approximate surface area is 85.7 Å². The lowest BCUT2D eigenvalue weighted by molar-refractivity contribution is -0.123. The predicted molar refractivity (Wildman–Crippen MR) is 52.9 cm³/mol. The lowest BCUT2D eigenvalue weighted by Crippen LogP contribution is -2.25. The summed E-state index contributed by atoms with van der Waals surface area (Å²) in [6.45, 7) is -0.124. The molecule has 0 saturated heterocycles. The van der Waals surface area contributed by atoms with Crippen LogP contribution in [0.3, 0.4) is 0 Å². The van der Waals surface area contributed by atoms with Gasteiger partial charge >= 0.3 is 0 Å². The molecule has 78 valence electrons. The summed E-state index contributed by atoms with van der Waals surface area (Å²) in [6, 6.07) is 5.47. The van der Waals surface area contributed by atoms with E-state index in [1.54, 1.807) is 6.07 Å². The molecule has 1 aromatic heterocycles. The van der Waals surface area contributed by atoms with Crippen molar-refractivity contribution in [2.75, 3.05) is 6.61 Å². The molecule has 0 radical (unpaired) electrons. The maximum atomic E-state index is 10.8. The van der Waals surface area contributed by atoms with E-state index in [9.17, 15) is 4.79 Å². The Kier molecular flexibility index (Phi) is 2.64. The smallest absolute Gasteiger partial charge is 0.245 e. The van der Waals surface area contributed by atoms with Crippen LogP contribution in [0.5, 0.6) is 0 Å². The number of benzene rings is 1. The fourth-order valence-electron chi connectivity index (χ4n) is 1.27. The van der Waals surface area contributed by atoms with Gasteiger partial charge in [-0.15, -0.1) is 0 Å². The number of aromatic nitrogens is 1. The molecule has 0 spiro atoms. The number of hydrogen-bond acceptors (Lipinski definition) is 4. The molecule has 0 aliphatic heterocycles. The number of oxazole rings is 1. The van der Waals surface area contributed by atoms with E-state index in [4.69, 9.17) is 9.52 Å². The first-order valence-electron chi connectivity index (χ1n) is 4.49. The van der Waals surface area contributed by atoms with Crippen molar-refractivity contribution in [3.8, 4) is 0 Å². The molecule has 0 unspecified atom stereocenters. The molecular weight excluding hydrogens is 196 g/mol. The highest BCUT2D eigenvalue weighted by Gasteiger charge is 2.02. The number of aliphatic hydroxyl groups is 1. The van der Waals surface area contributed by atoms with Gasteiger partial charge in [0.15, 0.2) is 12.0 Å². The average Bonchev–Trinajstić information content (AvgIpc) is 2.72. The third-order valence-electron chi connectivity index (χ3n) is 2.03. The maximum absolute atomic E-state index is 10.8. The van der Waals surface area contributed by atoms with Gasteiger partial charge in [-0.05, 0) is 17.7 Å². The highest BCUT2D eigenvalue weighted by Crippen LogP contribution is 2.13. The minimum atomic E-state index is -0.495. The lowest BCUT2D eigenvalue weighted by Gasteiger charge is -2.02. The van der Waals surface area contributed by atoms with Gasteiger partial charge in [-0.1, -0.05) is 6.07 Å². The quantitative estimate of drug-likeness (QED) is 0.763. The largest absolute Gasteiger partial charge is 0.443 e. The van der Waals surface area contributed by atoms with Crippen LogP contribution in [0.15, 0.2) is 29.0 Å². The molecule has 2 N–H and O–H groups in total. The molecule has 2 rings (SSSR count). The van der Waals surface area contributed by atoms with E-state index >= 15 is 0 Å². The van der Waals surface area contributed by atoms with Crippen molar-refractivity contribution in [2.24, 2.45) is 0 Å². The zero-order valence-corrected chi connectivity index (χ0v) is 7.93. The van der Waals surface area contributed by atoms with Gasteiger partial charge in [-0.25, -0.2) is 4.98 Å². The molecule has 0 aliphatic carbocycles. The third kappa shape index (κ3) is 2.13. The Morgan fingerprint density at radius 2 is 2.40 bits per heavy atom. The Balaban J connectivity index is 2.11. The number of hydrogen-bond donors (Lipinski definition) is 2. The first-order valence-corrected chi connectivity index (χ1v) is 4.49. The number of carbonyl (C=O) groups excluding carboxylic acids is 1. The van der Waals surface area contributed by atoms with Crippen LogP contribution in [0.25, 0.3) is 11.1 Å². The molecule has 1 amide bonds. The van der Waals surface area contributed by atoms with Crippen LogP contribution in [0, 0.1) is 0 Å². The van der Waals surface area contributed by atoms with Gasteiger partial charge in [-0.2, -0.15) is 0 Å². The van der Waals surface area contributed by atoms with Gasteiger partial charge in [-0.3, -0.25) is 4.79 Å². The van der Waals surface area contributed by atoms with E-state index in [1.165, 1.54) is 6.39 Å². The molecule has 2 aromatic rings. The van der Waals surface area contributed by atoms with E-state index in [2.05, 4.69) is 10.3 Å². The van der Waals surface area contributed by atoms with Gasteiger partial charge in [0.1, 0.15) is 12.1 Å². The van der Waals surface area contributed by atoms with Crippen molar-refractivity contribution in [1.29, 1.82) is 0 Å². The minimum Gasteiger partial charge on any atom is -0.443 e. The van der Waals surface area contributed by atoms with Crippen LogP contribution < -0.4 is 5.32 Å². The maximum Gasteiger partial charge on any atom is 0.245 e. The van der Waals surface area contributed by atoms with Gasteiger partial charge in [0.05, 0.1) is 0 Å². The van der Waals surface area contributed by atoms with Crippen molar-refractivity contribution >= 4 is 17.0 Å². The van der Waals surface area contributed by atoms with Crippen LogP contribution >= 0.6 is 0 Å². The average molecular weight is 206 g/mol. The summed E-state index contributed by atoms with van der Waals surface area (Å²) in [5, 5.41) is 11.1. The van der Waals surface area contributed by atoms with Crippen LogP contribution in [0.2, 0.25) is 0 Å². The third-order valence-corrected chi connectivity index (χ3v) is 2.03. The number of carbonyl (C=O) groups is 1. The fraction of sp³-hybridized carbons (Fsp3) is 0.200.